The van der Waals surface area contributed by atoms with Gasteiger partial charge in [0.2, 0.25) is 0 Å². The molecule has 0 aliphatic carbocycles. The number of carbonyl (C=O) groups is 1. The lowest BCUT2D eigenvalue weighted by Gasteiger charge is -2.27. The predicted octanol–water partition coefficient (Wildman–Crippen LogP) is 2.36. The number of morpholine rings is 1. The van der Waals surface area contributed by atoms with Gasteiger partial charge in [0.1, 0.15) is 0 Å². The monoisotopic (exact) mass is 325 g/mol. The molecular formula is C19H23N3O2. The Bertz CT molecular complexity index is 787. The molecule has 0 saturated carbocycles. The summed E-state index contributed by atoms with van der Waals surface area (Å²) >= 11 is 0. The van der Waals surface area contributed by atoms with Gasteiger partial charge in [-0.25, -0.2) is 0 Å². The molecule has 5 nitrogen and oxygen atoms in total. The first-order chi connectivity index (χ1) is 11.7. The Morgan fingerprint density at radius 2 is 2.04 bits per heavy atom. The van der Waals surface area contributed by atoms with Crippen molar-refractivity contribution in [3.05, 3.63) is 41.6 Å². The smallest absolute Gasteiger partial charge is 0.254 e. The highest BCUT2D eigenvalue weighted by Gasteiger charge is 2.20. The van der Waals surface area contributed by atoms with Crippen molar-refractivity contribution in [3.8, 4) is 0 Å². The zero-order valence-corrected chi connectivity index (χ0v) is 14.0. The van der Waals surface area contributed by atoms with E-state index >= 15 is 0 Å². The lowest BCUT2D eigenvalue weighted by Crippen LogP contribution is -2.40. The number of carbonyl (C=O) groups excluding carboxylic acids is 1. The molecule has 24 heavy (non-hydrogen) atoms. The van der Waals surface area contributed by atoms with Crippen molar-refractivity contribution < 1.29 is 9.53 Å². The van der Waals surface area contributed by atoms with E-state index in [0.717, 1.165) is 36.0 Å². The molecule has 5 heteroatoms. The summed E-state index contributed by atoms with van der Waals surface area (Å²) < 4.78 is 5.34. The van der Waals surface area contributed by atoms with Gasteiger partial charge in [0.15, 0.2) is 0 Å². The molecule has 0 spiro atoms. The highest BCUT2D eigenvalue weighted by atomic mass is 16.5. The van der Waals surface area contributed by atoms with Crippen molar-refractivity contribution in [3.63, 3.8) is 0 Å². The van der Waals surface area contributed by atoms with Crippen LogP contribution in [-0.2, 0) is 4.74 Å². The molecule has 1 fully saturated rings. The van der Waals surface area contributed by atoms with Gasteiger partial charge < -0.3 is 19.5 Å². The molecule has 1 saturated heterocycles. The maximum Gasteiger partial charge on any atom is 0.254 e. The summed E-state index contributed by atoms with van der Waals surface area (Å²) in [6.07, 6.45) is 5.42. The molecule has 1 aromatic carbocycles. The summed E-state index contributed by atoms with van der Waals surface area (Å²) in [6, 6.07) is 5.98. The molecule has 1 N–H and O–H groups in total. The third kappa shape index (κ3) is 2.85. The summed E-state index contributed by atoms with van der Waals surface area (Å²) in [5, 5.41) is 1.14. The second kappa shape index (κ2) is 6.42. The van der Waals surface area contributed by atoms with Gasteiger partial charge in [0.05, 0.1) is 13.2 Å². The molecule has 2 aliphatic rings. The molecule has 0 radical (unpaired) electrons. The lowest BCUT2D eigenvalue weighted by molar-refractivity contribution is 0.0303. The van der Waals surface area contributed by atoms with Gasteiger partial charge >= 0.3 is 0 Å². The van der Waals surface area contributed by atoms with Crippen molar-refractivity contribution in [2.45, 2.75) is 6.42 Å². The highest BCUT2D eigenvalue weighted by molar-refractivity contribution is 6.01. The van der Waals surface area contributed by atoms with Gasteiger partial charge in [-0.3, -0.25) is 4.79 Å². The predicted molar refractivity (Wildman–Crippen MR) is 95.1 cm³/mol. The molecule has 2 aliphatic heterocycles. The first kappa shape index (κ1) is 15.4. The number of rotatable bonds is 2. The number of aromatic nitrogens is 1. The van der Waals surface area contributed by atoms with Crippen LogP contribution in [0.1, 0.15) is 22.3 Å². The molecule has 3 heterocycles. The fourth-order valence-electron chi connectivity index (χ4n) is 3.48. The van der Waals surface area contributed by atoms with Crippen LogP contribution >= 0.6 is 0 Å². The van der Waals surface area contributed by atoms with Crippen molar-refractivity contribution in [2.75, 3.05) is 46.4 Å². The van der Waals surface area contributed by atoms with Gasteiger partial charge in [0, 0.05) is 54.4 Å². The number of nitrogens with zero attached hydrogens (tertiary/aromatic N) is 2. The van der Waals surface area contributed by atoms with Crippen LogP contribution in [-0.4, -0.2) is 67.1 Å². The standard InChI is InChI=1S/C19H23N3O2/c1-21-6-4-14(5-7-21)17-13-20-18-3-2-15(12-16(17)18)19(23)22-8-10-24-11-9-22/h2-4,12-13,20H,5-11H2,1H3. The van der Waals surface area contributed by atoms with E-state index in [-0.39, 0.29) is 5.91 Å². The molecule has 0 atom stereocenters. The summed E-state index contributed by atoms with van der Waals surface area (Å²) in [5.41, 5.74) is 4.45. The van der Waals surface area contributed by atoms with Crippen LogP contribution in [0.5, 0.6) is 0 Å². The highest BCUT2D eigenvalue weighted by Crippen LogP contribution is 2.30. The van der Waals surface area contributed by atoms with Gasteiger partial charge in [-0.15, -0.1) is 0 Å². The number of ether oxygens (including phenoxy) is 1. The molecule has 1 aromatic heterocycles. The van der Waals surface area contributed by atoms with E-state index in [4.69, 9.17) is 4.74 Å². The summed E-state index contributed by atoms with van der Waals surface area (Å²) in [5.74, 6) is 0.102. The first-order valence-electron chi connectivity index (χ1n) is 8.58. The van der Waals surface area contributed by atoms with Crippen molar-refractivity contribution in [2.24, 2.45) is 0 Å². The number of likely N-dealkylation sites (N-methyl/N-ethyl adjacent to an activating group) is 1. The summed E-state index contributed by atoms with van der Waals surface area (Å²) in [6.45, 7) is 4.66. The minimum atomic E-state index is 0.102. The Morgan fingerprint density at radius 3 is 2.79 bits per heavy atom. The zero-order valence-electron chi connectivity index (χ0n) is 14.0. The average molecular weight is 325 g/mol. The quantitative estimate of drug-likeness (QED) is 0.922. The maximum absolute atomic E-state index is 12.7. The van der Waals surface area contributed by atoms with E-state index in [9.17, 15) is 4.79 Å². The van der Waals surface area contributed by atoms with Crippen LogP contribution in [0, 0.1) is 0 Å². The van der Waals surface area contributed by atoms with E-state index in [0.29, 0.717) is 26.3 Å². The molecule has 1 amide bonds. The number of hydrogen-bond acceptors (Lipinski definition) is 3. The maximum atomic E-state index is 12.7. The number of nitrogens with one attached hydrogen (secondary N) is 1. The van der Waals surface area contributed by atoms with E-state index in [1.807, 2.05) is 23.1 Å². The second-order valence-corrected chi connectivity index (χ2v) is 6.61. The third-order valence-corrected chi connectivity index (χ3v) is 4.99. The molecule has 0 unspecified atom stereocenters. The van der Waals surface area contributed by atoms with E-state index in [2.05, 4.69) is 29.2 Å². The lowest BCUT2D eigenvalue weighted by atomic mass is 9.98. The van der Waals surface area contributed by atoms with Gasteiger partial charge in [-0.05, 0) is 37.2 Å². The van der Waals surface area contributed by atoms with Crippen LogP contribution in [0.15, 0.2) is 30.5 Å². The van der Waals surface area contributed by atoms with Crippen LogP contribution in [0.4, 0.5) is 0 Å². The number of H-pyrrole nitrogens is 1. The van der Waals surface area contributed by atoms with E-state index in [1.165, 1.54) is 11.1 Å². The normalized spacial score (nSPS) is 19.5. The van der Waals surface area contributed by atoms with E-state index < -0.39 is 0 Å². The van der Waals surface area contributed by atoms with E-state index in [1.54, 1.807) is 0 Å². The van der Waals surface area contributed by atoms with Crippen molar-refractivity contribution in [1.29, 1.82) is 0 Å². The molecular weight excluding hydrogens is 302 g/mol. The third-order valence-electron chi connectivity index (χ3n) is 4.99. The Balaban J connectivity index is 1.67. The largest absolute Gasteiger partial charge is 0.378 e. The second-order valence-electron chi connectivity index (χ2n) is 6.61. The molecule has 0 bridgehead atoms. The average Bonchev–Trinajstić information content (AvgIpc) is 3.05. The molecule has 126 valence electrons. The van der Waals surface area contributed by atoms with Gasteiger partial charge in [0.25, 0.3) is 5.91 Å². The Morgan fingerprint density at radius 1 is 1.21 bits per heavy atom. The van der Waals surface area contributed by atoms with Crippen molar-refractivity contribution in [1.82, 2.24) is 14.8 Å². The number of benzene rings is 1. The minimum Gasteiger partial charge on any atom is -0.378 e. The van der Waals surface area contributed by atoms with Gasteiger partial charge in [-0.1, -0.05) is 6.08 Å². The fraction of sp³-hybridized carbons (Fsp3) is 0.421. The fourth-order valence-corrected chi connectivity index (χ4v) is 3.48. The zero-order chi connectivity index (χ0) is 16.5. The van der Waals surface area contributed by atoms with Crippen molar-refractivity contribution >= 4 is 22.4 Å². The molecule has 4 rings (SSSR count). The number of amides is 1. The number of fused-ring (bicyclic) bond motifs is 1. The summed E-state index contributed by atoms with van der Waals surface area (Å²) in [7, 11) is 2.14. The van der Waals surface area contributed by atoms with Gasteiger partial charge in [-0.2, -0.15) is 0 Å². The number of hydrogen-bond donors (Lipinski definition) is 1. The topological polar surface area (TPSA) is 48.6 Å². The Kier molecular flexibility index (Phi) is 4.12. The Labute approximate surface area is 141 Å². The van der Waals surface area contributed by atoms with Crippen LogP contribution < -0.4 is 0 Å². The number of aromatic amines is 1. The minimum absolute atomic E-state index is 0.102. The summed E-state index contributed by atoms with van der Waals surface area (Å²) in [4.78, 5) is 20.3. The first-order valence-corrected chi connectivity index (χ1v) is 8.58. The molecule has 2 aromatic rings. The SMILES string of the molecule is CN1CC=C(c2c[nH]c3ccc(C(=O)N4CCOCC4)cc23)CC1. The van der Waals surface area contributed by atoms with Crippen LogP contribution in [0.3, 0.4) is 0 Å². The van der Waals surface area contributed by atoms with Crippen LogP contribution in [0.25, 0.3) is 16.5 Å². The Hall–Kier alpha value is -2.11. The van der Waals surface area contributed by atoms with Crippen LogP contribution in [0.2, 0.25) is 0 Å².